The van der Waals surface area contributed by atoms with Crippen LogP contribution in [0, 0.1) is 13.8 Å². The lowest BCUT2D eigenvalue weighted by molar-refractivity contribution is 0.0227. The third-order valence-electron chi connectivity index (χ3n) is 3.04. The van der Waals surface area contributed by atoms with Crippen molar-refractivity contribution in [2.45, 2.75) is 39.4 Å². The average molecular weight is 237 g/mol. The highest BCUT2D eigenvalue weighted by molar-refractivity contribution is 5.35. The Labute approximate surface area is 102 Å². The fourth-order valence-electron chi connectivity index (χ4n) is 2.07. The lowest BCUT2D eigenvalue weighted by Gasteiger charge is -2.24. The van der Waals surface area contributed by atoms with Crippen molar-refractivity contribution < 1.29 is 14.6 Å². The van der Waals surface area contributed by atoms with E-state index in [4.69, 9.17) is 9.47 Å². The van der Waals surface area contributed by atoms with Crippen LogP contribution in [0.2, 0.25) is 0 Å². The van der Waals surface area contributed by atoms with Crippen LogP contribution in [0.3, 0.4) is 0 Å². The van der Waals surface area contributed by atoms with Crippen molar-refractivity contribution in [2.75, 3.05) is 13.2 Å². The number of rotatable bonds is 3. The molecule has 0 spiro atoms. The summed E-state index contributed by atoms with van der Waals surface area (Å²) in [6, 6.07) is 1.96. The standard InChI is InChI=1S/C13H19NO3/c1-9-7-10(2)14-13(12(9)8-15)17-11-3-5-16-6-4-11/h7,11,15H,3-6,8H2,1-2H3. The topological polar surface area (TPSA) is 51.6 Å². The molecule has 1 aliphatic heterocycles. The van der Waals surface area contributed by atoms with Gasteiger partial charge in [0.1, 0.15) is 6.10 Å². The van der Waals surface area contributed by atoms with Crippen molar-refractivity contribution in [3.63, 3.8) is 0 Å². The molecule has 0 bridgehead atoms. The number of hydrogen-bond donors (Lipinski definition) is 1. The van der Waals surface area contributed by atoms with Crippen LogP contribution in [0.5, 0.6) is 5.88 Å². The smallest absolute Gasteiger partial charge is 0.219 e. The maximum absolute atomic E-state index is 9.37. The van der Waals surface area contributed by atoms with E-state index in [1.807, 2.05) is 19.9 Å². The van der Waals surface area contributed by atoms with Crippen LogP contribution in [0.25, 0.3) is 0 Å². The highest BCUT2D eigenvalue weighted by atomic mass is 16.5. The second-order valence-corrected chi connectivity index (χ2v) is 4.45. The fourth-order valence-corrected chi connectivity index (χ4v) is 2.07. The number of hydrogen-bond acceptors (Lipinski definition) is 4. The summed E-state index contributed by atoms with van der Waals surface area (Å²) in [5.74, 6) is 0.580. The van der Waals surface area contributed by atoms with Gasteiger partial charge in [0.2, 0.25) is 5.88 Å². The highest BCUT2D eigenvalue weighted by Gasteiger charge is 2.18. The van der Waals surface area contributed by atoms with E-state index in [0.717, 1.165) is 42.9 Å². The Bertz CT molecular complexity index is 386. The van der Waals surface area contributed by atoms with E-state index in [1.54, 1.807) is 0 Å². The molecular weight excluding hydrogens is 218 g/mol. The van der Waals surface area contributed by atoms with Gasteiger partial charge >= 0.3 is 0 Å². The number of nitrogens with zero attached hydrogens (tertiary/aromatic N) is 1. The molecule has 4 heteroatoms. The van der Waals surface area contributed by atoms with E-state index in [0.29, 0.717) is 5.88 Å². The third kappa shape index (κ3) is 2.96. The number of aliphatic hydroxyl groups is 1. The van der Waals surface area contributed by atoms with Crippen molar-refractivity contribution in [3.8, 4) is 5.88 Å². The highest BCUT2D eigenvalue weighted by Crippen LogP contribution is 2.24. The van der Waals surface area contributed by atoms with Gasteiger partial charge in [-0.1, -0.05) is 0 Å². The Morgan fingerprint density at radius 3 is 2.76 bits per heavy atom. The molecule has 1 aliphatic rings. The number of aromatic nitrogens is 1. The zero-order valence-corrected chi connectivity index (χ0v) is 10.4. The SMILES string of the molecule is Cc1cc(C)c(CO)c(OC2CCOCC2)n1. The number of aryl methyl sites for hydroxylation is 2. The fraction of sp³-hybridized carbons (Fsp3) is 0.615. The van der Waals surface area contributed by atoms with Gasteiger partial charge in [0.05, 0.1) is 19.8 Å². The van der Waals surface area contributed by atoms with Crippen molar-refractivity contribution in [1.29, 1.82) is 0 Å². The first kappa shape index (κ1) is 12.3. The van der Waals surface area contributed by atoms with Gasteiger partial charge in [-0.3, -0.25) is 0 Å². The maximum atomic E-state index is 9.37. The minimum absolute atomic E-state index is 0.0301. The molecule has 0 saturated carbocycles. The molecule has 1 fully saturated rings. The molecule has 0 aliphatic carbocycles. The summed E-state index contributed by atoms with van der Waals surface area (Å²) in [6.07, 6.45) is 1.93. The summed E-state index contributed by atoms with van der Waals surface area (Å²) in [4.78, 5) is 4.38. The Balaban J connectivity index is 2.18. The van der Waals surface area contributed by atoms with Crippen molar-refractivity contribution >= 4 is 0 Å². The zero-order valence-electron chi connectivity index (χ0n) is 10.4. The van der Waals surface area contributed by atoms with E-state index in [9.17, 15) is 5.11 Å². The normalized spacial score (nSPS) is 17.1. The molecule has 1 aromatic rings. The van der Waals surface area contributed by atoms with Gasteiger partial charge in [-0.25, -0.2) is 4.98 Å². The van der Waals surface area contributed by atoms with Crippen LogP contribution < -0.4 is 4.74 Å². The van der Waals surface area contributed by atoms with Crippen LogP contribution in [-0.4, -0.2) is 29.4 Å². The van der Waals surface area contributed by atoms with E-state index in [-0.39, 0.29) is 12.7 Å². The number of pyridine rings is 1. The molecule has 94 valence electrons. The molecule has 17 heavy (non-hydrogen) atoms. The summed E-state index contributed by atoms with van der Waals surface area (Å²) in [5.41, 5.74) is 2.74. The molecule has 2 heterocycles. The first-order valence-electron chi connectivity index (χ1n) is 6.03. The van der Waals surface area contributed by atoms with Crippen LogP contribution in [0.15, 0.2) is 6.07 Å². The number of aliphatic hydroxyl groups excluding tert-OH is 1. The van der Waals surface area contributed by atoms with E-state index in [2.05, 4.69) is 4.98 Å². The molecule has 4 nitrogen and oxygen atoms in total. The Hall–Kier alpha value is -1.13. The minimum atomic E-state index is -0.0301. The van der Waals surface area contributed by atoms with Crippen LogP contribution in [0.1, 0.15) is 29.7 Å². The Morgan fingerprint density at radius 1 is 1.41 bits per heavy atom. The van der Waals surface area contributed by atoms with Gasteiger partial charge in [-0.15, -0.1) is 0 Å². The first-order chi connectivity index (χ1) is 8.20. The molecule has 1 aromatic heterocycles. The van der Waals surface area contributed by atoms with Gasteiger partial charge in [0.15, 0.2) is 0 Å². The molecule has 0 unspecified atom stereocenters. The van der Waals surface area contributed by atoms with Crippen molar-refractivity contribution in [3.05, 3.63) is 22.9 Å². The molecule has 0 aromatic carbocycles. The second-order valence-electron chi connectivity index (χ2n) is 4.45. The summed E-state index contributed by atoms with van der Waals surface area (Å²) >= 11 is 0. The molecule has 0 amide bonds. The summed E-state index contributed by atoms with van der Waals surface area (Å²) in [5, 5.41) is 9.37. The molecule has 2 rings (SSSR count). The molecule has 1 saturated heterocycles. The van der Waals surface area contributed by atoms with Gasteiger partial charge < -0.3 is 14.6 Å². The monoisotopic (exact) mass is 237 g/mol. The summed E-state index contributed by atoms with van der Waals surface area (Å²) < 4.78 is 11.2. The summed E-state index contributed by atoms with van der Waals surface area (Å²) in [7, 11) is 0. The predicted molar refractivity (Wildman–Crippen MR) is 64.1 cm³/mol. The van der Waals surface area contributed by atoms with E-state index >= 15 is 0 Å². The Morgan fingerprint density at radius 2 is 2.12 bits per heavy atom. The quantitative estimate of drug-likeness (QED) is 0.870. The molecule has 1 N–H and O–H groups in total. The lowest BCUT2D eigenvalue weighted by Crippen LogP contribution is -2.26. The molecule has 0 atom stereocenters. The third-order valence-corrected chi connectivity index (χ3v) is 3.04. The van der Waals surface area contributed by atoms with Gasteiger partial charge in [-0.05, 0) is 25.5 Å². The minimum Gasteiger partial charge on any atom is -0.474 e. The van der Waals surface area contributed by atoms with E-state index in [1.165, 1.54) is 0 Å². The van der Waals surface area contributed by atoms with Crippen molar-refractivity contribution in [1.82, 2.24) is 4.98 Å². The maximum Gasteiger partial charge on any atom is 0.219 e. The van der Waals surface area contributed by atoms with Crippen LogP contribution in [0.4, 0.5) is 0 Å². The van der Waals surface area contributed by atoms with Gasteiger partial charge in [0.25, 0.3) is 0 Å². The number of ether oxygens (including phenoxy) is 2. The average Bonchev–Trinajstić information content (AvgIpc) is 2.30. The van der Waals surface area contributed by atoms with Crippen LogP contribution >= 0.6 is 0 Å². The van der Waals surface area contributed by atoms with Crippen molar-refractivity contribution in [2.24, 2.45) is 0 Å². The van der Waals surface area contributed by atoms with E-state index < -0.39 is 0 Å². The van der Waals surface area contributed by atoms with Gasteiger partial charge in [-0.2, -0.15) is 0 Å². The second kappa shape index (κ2) is 5.47. The first-order valence-corrected chi connectivity index (χ1v) is 6.03. The zero-order chi connectivity index (χ0) is 12.3. The largest absolute Gasteiger partial charge is 0.474 e. The molecule has 0 radical (unpaired) electrons. The van der Waals surface area contributed by atoms with Crippen LogP contribution in [-0.2, 0) is 11.3 Å². The lowest BCUT2D eigenvalue weighted by atomic mass is 10.1. The summed E-state index contributed by atoms with van der Waals surface area (Å²) in [6.45, 7) is 5.35. The Kier molecular flexibility index (Phi) is 3.97. The van der Waals surface area contributed by atoms with Gasteiger partial charge in [0, 0.05) is 24.1 Å². The predicted octanol–water partition coefficient (Wildman–Crippen LogP) is 1.75. The molecular formula is C13H19NO3.